The van der Waals surface area contributed by atoms with Crippen LogP contribution < -0.4 is 31.9 Å². The zero-order valence-corrected chi connectivity index (χ0v) is 80.4. The average molecular weight is 1960 g/mol. The van der Waals surface area contributed by atoms with Crippen LogP contribution in [0.3, 0.4) is 0 Å². The van der Waals surface area contributed by atoms with Gasteiger partial charge < -0.3 is 84.3 Å². The van der Waals surface area contributed by atoms with E-state index in [9.17, 15) is 77.3 Å². The SMILES string of the molecule is C=Cc1cc(C(=O)Cc2ccc(C(=N)NC(=O)OC(C)CO)cc2)c(-c2ccc(C(=O)NCC3CC3)nc2C(=O)OC(C)OC(=O)OC(C)C)cc1CO.C=Cc1cc(C(=O)Cc2ccc(C(=N)NC(=O)OC(C)COC(=O)CCCC[C@H]3SCC4CC(=O)NC43)cc2)c(-c2ccc(C(=O)NCC3CC3)nc2C(=O)OC(C)OC(=O)OC(C)C)cc1CO.O=C(O)CCCC[C@@H]1SCC2NC(=O)CC21. The highest BCUT2D eigenvalue weighted by molar-refractivity contribution is 8.00. The lowest BCUT2D eigenvalue weighted by molar-refractivity contribution is -0.146. The summed E-state index contributed by atoms with van der Waals surface area (Å²) < 4.78 is 46.4. The third-order valence-corrected chi connectivity index (χ3v) is 26.3. The lowest BCUT2D eigenvalue weighted by Crippen LogP contribution is -2.34. The molecule has 6 aromatic rings. The number of hydrogen-bond acceptors (Lipinski definition) is 32. The monoisotopic (exact) mass is 1960 g/mol. The van der Waals surface area contributed by atoms with Crippen molar-refractivity contribution in [3.05, 3.63) is 189 Å². The van der Waals surface area contributed by atoms with E-state index in [1.54, 1.807) is 71.0 Å². The van der Waals surface area contributed by atoms with E-state index < -0.39 is 122 Å². The number of carboxylic acid groups (broad SMARTS) is 1. The molecule has 4 aromatic carbocycles. The van der Waals surface area contributed by atoms with E-state index in [1.807, 2.05) is 23.5 Å². The summed E-state index contributed by atoms with van der Waals surface area (Å²) in [4.78, 5) is 185. The lowest BCUT2D eigenvalue weighted by Gasteiger charge is -2.18. The van der Waals surface area contributed by atoms with Crippen molar-refractivity contribution in [3.8, 4) is 22.3 Å². The van der Waals surface area contributed by atoms with Crippen LogP contribution in [0.25, 0.3) is 34.4 Å². The minimum Gasteiger partial charge on any atom is -0.481 e. The Labute approximate surface area is 812 Å². The van der Waals surface area contributed by atoms with E-state index in [4.69, 9.17) is 63.7 Å². The standard InChI is InChI=1S/C50H59N5O13S.C39H44N4O11.C11H17NO3S/c1-6-32-20-38(37(21-34(32)24-56)36-17-18-39(47(60)52-23-31-11-12-31)53-45(36)48(61)67-29(5)68-50(63)65-27(2)3)40(57)19-30-13-15-33(16-14-30)46(51)55-49(62)66-28(4)25-64-43(59)10-8-7-9-41-44-35(26-69-41)22-42(58)54-44;1-6-26-16-31(33(46)15-24-9-11-27(12-10-24)35(40)43-38(49)52-22(4)19-44)30(17-28(26)20-45)29-13-14-32(36(47)41-18-25-7-8-25)42-34(29)37(48)53-23(5)54-39(50)51-21(2)3;13-10-5-7-8(12-10)6-16-9(7)3-1-2-4-11(14)15/h6,13-18,20-21,27-29,31,35,41,44,56H,1,7-12,19,22-26H2,2-5H3,(H,52,60)(H,54,58)(H2,51,55,62);6,9-14,16-17,21-23,25,44-45H,1,7-8,15,18-20H2,2-5H3,(H,41,47)(H2,40,43,49);7-9H,1-6H2,(H,12,13)(H,14,15)/t28?,29?,35?,41-,44?;;7?,8?,9-/m1.0/s1. The summed E-state index contributed by atoms with van der Waals surface area (Å²) in [5.74, 6) is -1.76. The van der Waals surface area contributed by atoms with Gasteiger partial charge in [-0.2, -0.15) is 23.5 Å². The van der Waals surface area contributed by atoms with E-state index in [0.717, 1.165) is 69.3 Å². The molecule has 12 N–H and O–H groups in total. The number of esters is 3. The van der Waals surface area contributed by atoms with Crippen LogP contribution in [0, 0.1) is 34.5 Å². The summed E-state index contributed by atoms with van der Waals surface area (Å²) in [6, 6.07) is 25.0. The summed E-state index contributed by atoms with van der Waals surface area (Å²) in [6.07, 6.45) is 4.13. The van der Waals surface area contributed by atoms with Gasteiger partial charge in [-0.15, -0.1) is 0 Å². The van der Waals surface area contributed by atoms with Crippen molar-refractivity contribution in [2.45, 2.75) is 231 Å². The van der Waals surface area contributed by atoms with Gasteiger partial charge in [-0.3, -0.25) is 59.8 Å². The molecule has 39 heteroatoms. The Balaban J connectivity index is 0.000000251. The zero-order valence-electron chi connectivity index (χ0n) is 78.7. The molecule has 6 aliphatic rings. The fraction of sp³-hybridized carbons (Fsp3) is 0.460. The number of aliphatic hydroxyl groups is 3. The van der Waals surface area contributed by atoms with Crippen LogP contribution in [0.5, 0.6) is 0 Å². The molecule has 0 radical (unpaired) electrons. The molecule has 8 unspecified atom stereocenters. The molecule has 0 spiro atoms. The zero-order chi connectivity index (χ0) is 101. The molecule has 12 rings (SSSR count). The first-order valence-corrected chi connectivity index (χ1v) is 48.2. The van der Waals surface area contributed by atoms with Gasteiger partial charge in [0, 0.05) is 133 Å². The van der Waals surface area contributed by atoms with Crippen molar-refractivity contribution in [2.75, 3.05) is 37.8 Å². The first kappa shape index (κ1) is 108. The van der Waals surface area contributed by atoms with Gasteiger partial charge in [-0.05, 0) is 209 Å². The molecular weight excluding hydrogens is 1840 g/mol. The Morgan fingerprint density at radius 3 is 1.40 bits per heavy atom. The molecule has 6 heterocycles. The molecule has 2 aromatic heterocycles. The Morgan fingerprint density at radius 2 is 0.964 bits per heavy atom. The number of amides is 6. The number of benzene rings is 4. The number of ketones is 2. The number of unbranched alkanes of at least 4 members (excludes halogenated alkanes) is 2. The van der Waals surface area contributed by atoms with E-state index in [0.29, 0.717) is 117 Å². The first-order valence-electron chi connectivity index (χ1n) is 46.1. The molecule has 139 heavy (non-hydrogen) atoms. The number of aromatic nitrogens is 2. The first-order chi connectivity index (χ1) is 66.4. The third kappa shape index (κ3) is 32.7. The van der Waals surface area contributed by atoms with Gasteiger partial charge in [0.1, 0.15) is 41.9 Å². The summed E-state index contributed by atoms with van der Waals surface area (Å²) in [6.45, 7) is 19.2. The van der Waals surface area contributed by atoms with Crippen LogP contribution in [0.15, 0.2) is 110 Å². The molecule has 37 nitrogen and oxygen atoms in total. The number of aliphatic hydroxyl groups excluding tert-OH is 3. The number of rotatable bonds is 43. The second-order valence-electron chi connectivity index (χ2n) is 35.0. The Hall–Kier alpha value is -13.2. The molecule has 2 aliphatic carbocycles. The number of carbonyl (C=O) groups excluding carboxylic acids is 13. The molecular formula is C100H120N10O27S2. The highest BCUT2D eigenvalue weighted by Gasteiger charge is 2.45. The topological polar surface area (TPSA) is 549 Å². The van der Waals surface area contributed by atoms with Crippen molar-refractivity contribution in [1.82, 2.24) is 41.9 Å². The van der Waals surface area contributed by atoms with Gasteiger partial charge >= 0.3 is 48.4 Å². The van der Waals surface area contributed by atoms with Crippen molar-refractivity contribution in [3.63, 3.8) is 0 Å². The number of carboxylic acids is 1. The number of nitrogens with one attached hydrogen (secondary N) is 8. The van der Waals surface area contributed by atoms with Gasteiger partial charge in [-0.1, -0.05) is 86.7 Å². The average Bonchev–Trinajstić information content (AvgIpc) is 1.78. The van der Waals surface area contributed by atoms with Gasteiger partial charge in [0.05, 0.1) is 32.0 Å². The number of fused-ring (bicyclic) bond motifs is 2. The summed E-state index contributed by atoms with van der Waals surface area (Å²) >= 11 is 3.81. The maximum atomic E-state index is 14.3. The molecule has 4 aliphatic heterocycles. The summed E-state index contributed by atoms with van der Waals surface area (Å²) in [7, 11) is 0. The van der Waals surface area contributed by atoms with E-state index >= 15 is 0 Å². The molecule has 4 saturated heterocycles. The number of alkyl carbamates (subject to hydrolysis) is 2. The van der Waals surface area contributed by atoms with Crippen LogP contribution in [-0.2, 0) is 87.9 Å². The largest absolute Gasteiger partial charge is 0.511 e. The predicted molar refractivity (Wildman–Crippen MR) is 513 cm³/mol. The van der Waals surface area contributed by atoms with Gasteiger partial charge in [0.25, 0.3) is 11.8 Å². The van der Waals surface area contributed by atoms with E-state index in [1.165, 1.54) is 93.6 Å². The Kier molecular flexibility index (Phi) is 40.3. The van der Waals surface area contributed by atoms with Gasteiger partial charge in [-0.25, -0.2) is 38.7 Å². The lowest BCUT2D eigenvalue weighted by atomic mass is 9.89. The van der Waals surface area contributed by atoms with Crippen LogP contribution >= 0.6 is 23.5 Å². The normalized spacial score (nSPS) is 17.8. The molecule has 10 atom stereocenters. The highest BCUT2D eigenvalue weighted by Crippen LogP contribution is 2.43. The number of carbonyl (C=O) groups is 14. The van der Waals surface area contributed by atoms with Crippen LogP contribution in [0.4, 0.5) is 19.2 Å². The van der Waals surface area contributed by atoms with E-state index in [2.05, 4.69) is 55.0 Å². The van der Waals surface area contributed by atoms with Crippen LogP contribution in [0.1, 0.15) is 252 Å². The quantitative estimate of drug-likeness (QED) is 0.00322. The van der Waals surface area contributed by atoms with Gasteiger partial charge in [0.2, 0.25) is 24.4 Å². The van der Waals surface area contributed by atoms with E-state index in [-0.39, 0.29) is 125 Å². The smallest absolute Gasteiger partial charge is 0.481 e. The van der Waals surface area contributed by atoms with Gasteiger partial charge in [0.15, 0.2) is 23.0 Å². The number of thioether (sulfide) groups is 2. The number of nitrogens with zero attached hydrogens (tertiary/aromatic N) is 2. The Morgan fingerprint density at radius 1 is 0.518 bits per heavy atom. The summed E-state index contributed by atoms with van der Waals surface area (Å²) in [5, 5.41) is 72.0. The number of amidine groups is 2. The number of aliphatic carboxylic acids is 1. The van der Waals surface area contributed by atoms with Crippen LogP contribution in [-0.4, -0.2) is 223 Å². The maximum Gasteiger partial charge on any atom is 0.511 e. The molecule has 6 fully saturated rings. The fourth-order valence-corrected chi connectivity index (χ4v) is 18.9. The number of pyridine rings is 2. The minimum absolute atomic E-state index is 0.0866. The minimum atomic E-state index is -1.44. The molecule has 744 valence electrons. The second-order valence-corrected chi connectivity index (χ2v) is 37.6. The maximum absolute atomic E-state index is 14.3. The number of ether oxygens (including phenoxy) is 9. The van der Waals surface area contributed by atoms with Crippen molar-refractivity contribution >= 4 is 131 Å². The molecule has 2 saturated carbocycles. The Bertz CT molecular complexity index is 5530. The van der Waals surface area contributed by atoms with Crippen molar-refractivity contribution < 1.29 is 130 Å². The highest BCUT2D eigenvalue weighted by atomic mass is 32.2. The second kappa shape index (κ2) is 52.0. The predicted octanol–water partition coefficient (Wildman–Crippen LogP) is 12.9. The molecule has 6 amide bonds. The fourth-order valence-electron chi connectivity index (χ4n) is 15.6. The number of hydrogen-bond donors (Lipinski definition) is 12. The van der Waals surface area contributed by atoms with Crippen molar-refractivity contribution in [2.24, 2.45) is 23.7 Å². The summed E-state index contributed by atoms with van der Waals surface area (Å²) in [5.41, 5.74) is 3.29. The van der Waals surface area contributed by atoms with Crippen molar-refractivity contribution in [1.29, 1.82) is 10.8 Å². The molecule has 0 bridgehead atoms. The third-order valence-electron chi connectivity index (χ3n) is 23.1. The van der Waals surface area contributed by atoms with Crippen LogP contribution in [0.2, 0.25) is 0 Å². The number of Topliss-reactive ketones (excluding diaryl/α,β-unsaturated/α-hetero) is 2.